The molecule has 2 fully saturated rings. The van der Waals surface area contributed by atoms with Crippen molar-refractivity contribution in [3.63, 3.8) is 0 Å². The molecule has 2 heterocycles. The highest BCUT2D eigenvalue weighted by molar-refractivity contribution is 5.83. The Labute approximate surface area is 121 Å². The van der Waals surface area contributed by atoms with Crippen molar-refractivity contribution in [1.82, 2.24) is 15.5 Å². The Hall–Kier alpha value is -1.10. The van der Waals surface area contributed by atoms with Crippen molar-refractivity contribution >= 4 is 11.8 Å². The van der Waals surface area contributed by atoms with E-state index >= 15 is 0 Å². The summed E-state index contributed by atoms with van der Waals surface area (Å²) < 4.78 is 0. The predicted molar refractivity (Wildman–Crippen MR) is 78.2 cm³/mol. The molecule has 0 aromatic heterocycles. The summed E-state index contributed by atoms with van der Waals surface area (Å²) in [6, 6.07) is 0.207. The first-order chi connectivity index (χ1) is 9.38. The SMILES string of the molecule is CC(C)(C)C(=O)N1CCC(NC(=O)[C@@H]2CCCN2)CC1. The average Bonchev–Trinajstić information content (AvgIpc) is 2.91. The van der Waals surface area contributed by atoms with Crippen LogP contribution in [0.25, 0.3) is 0 Å². The predicted octanol–water partition coefficient (Wildman–Crippen LogP) is 0.892. The fourth-order valence-corrected chi connectivity index (χ4v) is 2.91. The van der Waals surface area contributed by atoms with Crippen molar-refractivity contribution in [2.45, 2.75) is 58.5 Å². The molecule has 0 saturated carbocycles. The molecule has 5 heteroatoms. The smallest absolute Gasteiger partial charge is 0.237 e. The van der Waals surface area contributed by atoms with E-state index in [0.717, 1.165) is 45.3 Å². The highest BCUT2D eigenvalue weighted by Gasteiger charge is 2.31. The molecule has 5 nitrogen and oxygen atoms in total. The van der Waals surface area contributed by atoms with Crippen molar-refractivity contribution in [1.29, 1.82) is 0 Å². The number of nitrogens with one attached hydrogen (secondary N) is 2. The van der Waals surface area contributed by atoms with Crippen molar-refractivity contribution < 1.29 is 9.59 Å². The van der Waals surface area contributed by atoms with E-state index in [-0.39, 0.29) is 29.3 Å². The highest BCUT2D eigenvalue weighted by Crippen LogP contribution is 2.21. The summed E-state index contributed by atoms with van der Waals surface area (Å²) in [4.78, 5) is 26.1. The number of likely N-dealkylation sites (tertiary alicyclic amines) is 1. The van der Waals surface area contributed by atoms with Gasteiger partial charge in [-0.15, -0.1) is 0 Å². The number of amides is 2. The van der Waals surface area contributed by atoms with Gasteiger partial charge < -0.3 is 15.5 Å². The lowest BCUT2D eigenvalue weighted by Gasteiger charge is -2.36. The molecule has 0 aromatic carbocycles. The van der Waals surface area contributed by atoms with Gasteiger partial charge >= 0.3 is 0 Å². The van der Waals surface area contributed by atoms with Crippen LogP contribution in [0.1, 0.15) is 46.5 Å². The van der Waals surface area contributed by atoms with Gasteiger partial charge in [0.1, 0.15) is 0 Å². The number of hydrogen-bond donors (Lipinski definition) is 2. The lowest BCUT2D eigenvalue weighted by molar-refractivity contribution is -0.140. The van der Waals surface area contributed by atoms with Crippen molar-refractivity contribution in [2.75, 3.05) is 19.6 Å². The van der Waals surface area contributed by atoms with E-state index in [1.807, 2.05) is 25.7 Å². The van der Waals surface area contributed by atoms with Crippen LogP contribution in [0.2, 0.25) is 0 Å². The second-order valence-electron chi connectivity index (χ2n) is 6.97. The van der Waals surface area contributed by atoms with Gasteiger partial charge in [0, 0.05) is 24.5 Å². The van der Waals surface area contributed by atoms with E-state index in [1.165, 1.54) is 0 Å². The Morgan fingerprint density at radius 2 is 1.80 bits per heavy atom. The summed E-state index contributed by atoms with van der Waals surface area (Å²) in [6.07, 6.45) is 3.74. The van der Waals surface area contributed by atoms with Gasteiger partial charge in [-0.25, -0.2) is 0 Å². The van der Waals surface area contributed by atoms with Crippen LogP contribution in [0, 0.1) is 5.41 Å². The molecule has 2 aliphatic rings. The Balaban J connectivity index is 1.77. The topological polar surface area (TPSA) is 61.4 Å². The fourth-order valence-electron chi connectivity index (χ4n) is 2.91. The maximum atomic E-state index is 12.2. The third-order valence-corrected chi connectivity index (χ3v) is 4.15. The van der Waals surface area contributed by atoms with Crippen LogP contribution in [0.4, 0.5) is 0 Å². The van der Waals surface area contributed by atoms with Gasteiger partial charge in [0.05, 0.1) is 6.04 Å². The van der Waals surface area contributed by atoms with Gasteiger partial charge in [-0.05, 0) is 32.2 Å². The second kappa shape index (κ2) is 6.12. The lowest BCUT2D eigenvalue weighted by Crippen LogP contribution is -2.51. The molecule has 0 spiro atoms. The van der Waals surface area contributed by atoms with Gasteiger partial charge in [-0.1, -0.05) is 20.8 Å². The minimum absolute atomic E-state index is 0.00997. The Kier molecular flexibility index (Phi) is 4.68. The van der Waals surface area contributed by atoms with Crippen LogP contribution in [0.5, 0.6) is 0 Å². The van der Waals surface area contributed by atoms with Crippen LogP contribution in [-0.4, -0.2) is 48.4 Å². The molecule has 0 bridgehead atoms. The molecule has 2 saturated heterocycles. The standard InChI is InChI=1S/C15H27N3O2/c1-15(2,3)14(20)18-9-6-11(7-10-18)17-13(19)12-5-4-8-16-12/h11-12,16H,4-10H2,1-3H3,(H,17,19)/t12-/m0/s1. The Morgan fingerprint density at radius 3 is 2.30 bits per heavy atom. The molecular weight excluding hydrogens is 254 g/mol. The molecule has 2 aliphatic heterocycles. The zero-order valence-corrected chi connectivity index (χ0v) is 12.9. The Bertz CT molecular complexity index is 362. The molecule has 1 atom stereocenters. The van der Waals surface area contributed by atoms with E-state index in [1.54, 1.807) is 0 Å². The minimum Gasteiger partial charge on any atom is -0.352 e. The summed E-state index contributed by atoms with van der Waals surface area (Å²) in [6.45, 7) is 8.30. The van der Waals surface area contributed by atoms with E-state index in [9.17, 15) is 9.59 Å². The summed E-state index contributed by atoms with van der Waals surface area (Å²) in [5.41, 5.74) is -0.316. The third kappa shape index (κ3) is 3.72. The molecule has 0 aliphatic carbocycles. The normalized spacial score (nSPS) is 24.8. The lowest BCUT2D eigenvalue weighted by atomic mass is 9.93. The molecule has 0 radical (unpaired) electrons. The summed E-state index contributed by atoms with van der Waals surface area (Å²) in [7, 11) is 0. The molecule has 114 valence electrons. The van der Waals surface area contributed by atoms with Crippen LogP contribution in [-0.2, 0) is 9.59 Å². The van der Waals surface area contributed by atoms with E-state index in [4.69, 9.17) is 0 Å². The number of nitrogens with zero attached hydrogens (tertiary/aromatic N) is 1. The molecule has 2 amide bonds. The Morgan fingerprint density at radius 1 is 1.15 bits per heavy atom. The number of carbonyl (C=O) groups is 2. The maximum absolute atomic E-state index is 12.2. The zero-order chi connectivity index (χ0) is 14.8. The monoisotopic (exact) mass is 281 g/mol. The van der Waals surface area contributed by atoms with Crippen LogP contribution >= 0.6 is 0 Å². The highest BCUT2D eigenvalue weighted by atomic mass is 16.2. The van der Waals surface area contributed by atoms with E-state index in [0.29, 0.717) is 0 Å². The van der Waals surface area contributed by atoms with Gasteiger partial charge in [0.25, 0.3) is 0 Å². The first kappa shape index (κ1) is 15.3. The average molecular weight is 281 g/mol. The molecule has 0 aromatic rings. The van der Waals surface area contributed by atoms with Crippen LogP contribution in [0.3, 0.4) is 0 Å². The number of hydrogen-bond acceptors (Lipinski definition) is 3. The van der Waals surface area contributed by atoms with Gasteiger partial charge in [0.15, 0.2) is 0 Å². The zero-order valence-electron chi connectivity index (χ0n) is 12.9. The van der Waals surface area contributed by atoms with Crippen molar-refractivity contribution in [3.8, 4) is 0 Å². The molecule has 0 unspecified atom stereocenters. The molecule has 2 N–H and O–H groups in total. The van der Waals surface area contributed by atoms with Crippen molar-refractivity contribution in [3.05, 3.63) is 0 Å². The number of carbonyl (C=O) groups excluding carboxylic acids is 2. The second-order valence-corrected chi connectivity index (χ2v) is 6.97. The quantitative estimate of drug-likeness (QED) is 0.790. The minimum atomic E-state index is -0.316. The molecular formula is C15H27N3O2. The summed E-state index contributed by atoms with van der Waals surface area (Å²) in [5, 5.41) is 6.34. The number of rotatable bonds is 2. The van der Waals surface area contributed by atoms with E-state index in [2.05, 4.69) is 10.6 Å². The number of piperidine rings is 1. The first-order valence-corrected chi connectivity index (χ1v) is 7.71. The summed E-state index contributed by atoms with van der Waals surface area (Å²) in [5.74, 6) is 0.336. The maximum Gasteiger partial charge on any atom is 0.237 e. The largest absolute Gasteiger partial charge is 0.352 e. The fraction of sp³-hybridized carbons (Fsp3) is 0.867. The van der Waals surface area contributed by atoms with Gasteiger partial charge in [-0.2, -0.15) is 0 Å². The van der Waals surface area contributed by atoms with Gasteiger partial charge in [-0.3, -0.25) is 9.59 Å². The third-order valence-electron chi connectivity index (χ3n) is 4.15. The van der Waals surface area contributed by atoms with E-state index < -0.39 is 0 Å². The van der Waals surface area contributed by atoms with Crippen LogP contribution in [0.15, 0.2) is 0 Å². The van der Waals surface area contributed by atoms with Gasteiger partial charge in [0.2, 0.25) is 11.8 Å². The first-order valence-electron chi connectivity index (χ1n) is 7.71. The summed E-state index contributed by atoms with van der Waals surface area (Å²) >= 11 is 0. The van der Waals surface area contributed by atoms with Crippen LogP contribution < -0.4 is 10.6 Å². The molecule has 2 rings (SSSR count). The van der Waals surface area contributed by atoms with Crippen molar-refractivity contribution in [2.24, 2.45) is 5.41 Å². The molecule has 20 heavy (non-hydrogen) atoms.